The van der Waals surface area contributed by atoms with Gasteiger partial charge < -0.3 is 9.88 Å². The fourth-order valence-electron chi connectivity index (χ4n) is 1.56. The highest BCUT2D eigenvalue weighted by Crippen LogP contribution is 2.15. The Labute approximate surface area is 109 Å². The normalized spacial score (nSPS) is 10.2. The van der Waals surface area contributed by atoms with E-state index in [-0.39, 0.29) is 5.91 Å². The quantitative estimate of drug-likeness (QED) is 0.927. The number of aryl methyl sites for hydroxylation is 1. The van der Waals surface area contributed by atoms with E-state index in [1.165, 1.54) is 0 Å². The van der Waals surface area contributed by atoms with Crippen molar-refractivity contribution >= 4 is 21.8 Å². The topological polar surface area (TPSA) is 34.0 Å². The van der Waals surface area contributed by atoms with E-state index in [1.807, 2.05) is 42.1 Å². The highest BCUT2D eigenvalue weighted by atomic mass is 79.9. The number of carbonyl (C=O) groups excluding carboxylic acids is 1. The Kier molecular flexibility index (Phi) is 3.64. The van der Waals surface area contributed by atoms with Gasteiger partial charge in [-0.1, -0.05) is 34.1 Å². The van der Waals surface area contributed by atoms with Crippen molar-refractivity contribution in [3.05, 3.63) is 58.3 Å². The molecular weight excluding hydrogens is 280 g/mol. The number of hydrogen-bond donors (Lipinski definition) is 1. The minimum absolute atomic E-state index is 0.0543. The van der Waals surface area contributed by atoms with Crippen molar-refractivity contribution in [1.29, 1.82) is 0 Å². The number of nitrogens with zero attached hydrogens (tertiary/aromatic N) is 1. The standard InChI is InChI=1S/C13H13BrN2O/c1-16-7-6-11(9-16)13(17)15-8-10-4-2-3-5-12(10)14/h2-7,9H,8H2,1H3,(H,15,17). The summed E-state index contributed by atoms with van der Waals surface area (Å²) in [4.78, 5) is 11.8. The third kappa shape index (κ3) is 2.97. The summed E-state index contributed by atoms with van der Waals surface area (Å²) < 4.78 is 2.86. The molecule has 0 aliphatic heterocycles. The van der Waals surface area contributed by atoms with Crippen LogP contribution in [0, 0.1) is 0 Å². The van der Waals surface area contributed by atoms with Crippen molar-refractivity contribution < 1.29 is 4.79 Å². The Bertz CT molecular complexity index is 534. The van der Waals surface area contributed by atoms with Gasteiger partial charge in [0.15, 0.2) is 0 Å². The van der Waals surface area contributed by atoms with Crippen LogP contribution in [0.2, 0.25) is 0 Å². The molecule has 1 amide bonds. The average Bonchev–Trinajstić information content (AvgIpc) is 2.74. The van der Waals surface area contributed by atoms with Crippen LogP contribution in [-0.2, 0) is 13.6 Å². The molecule has 17 heavy (non-hydrogen) atoms. The molecule has 0 atom stereocenters. The van der Waals surface area contributed by atoms with Gasteiger partial charge in [0.25, 0.3) is 5.91 Å². The molecule has 0 saturated heterocycles. The predicted molar refractivity (Wildman–Crippen MR) is 70.7 cm³/mol. The zero-order valence-electron chi connectivity index (χ0n) is 9.48. The van der Waals surface area contributed by atoms with E-state index in [4.69, 9.17) is 0 Å². The molecule has 0 saturated carbocycles. The second-order valence-electron chi connectivity index (χ2n) is 3.84. The molecule has 1 heterocycles. The monoisotopic (exact) mass is 292 g/mol. The van der Waals surface area contributed by atoms with Crippen molar-refractivity contribution in [1.82, 2.24) is 9.88 Å². The lowest BCUT2D eigenvalue weighted by Crippen LogP contribution is -2.22. The fourth-order valence-corrected chi connectivity index (χ4v) is 1.98. The molecule has 1 N–H and O–H groups in total. The summed E-state index contributed by atoms with van der Waals surface area (Å²) in [5.74, 6) is -0.0543. The molecule has 0 spiro atoms. The van der Waals surface area contributed by atoms with E-state index in [0.717, 1.165) is 10.0 Å². The van der Waals surface area contributed by atoms with Crippen molar-refractivity contribution in [2.24, 2.45) is 7.05 Å². The minimum atomic E-state index is -0.0543. The van der Waals surface area contributed by atoms with Crippen LogP contribution in [0.3, 0.4) is 0 Å². The molecule has 2 aromatic rings. The molecule has 0 aliphatic carbocycles. The van der Waals surface area contributed by atoms with Gasteiger partial charge in [-0.05, 0) is 17.7 Å². The molecule has 1 aromatic carbocycles. The van der Waals surface area contributed by atoms with Crippen LogP contribution >= 0.6 is 15.9 Å². The summed E-state index contributed by atoms with van der Waals surface area (Å²) in [6.07, 6.45) is 3.66. The highest BCUT2D eigenvalue weighted by Gasteiger charge is 2.06. The van der Waals surface area contributed by atoms with Crippen LogP contribution in [-0.4, -0.2) is 10.5 Å². The Morgan fingerprint density at radius 2 is 2.12 bits per heavy atom. The first-order valence-corrected chi connectivity index (χ1v) is 6.09. The van der Waals surface area contributed by atoms with Gasteiger partial charge in [-0.3, -0.25) is 4.79 Å². The molecule has 0 radical (unpaired) electrons. The van der Waals surface area contributed by atoms with Crippen LogP contribution in [0.15, 0.2) is 47.2 Å². The minimum Gasteiger partial charge on any atom is -0.356 e. The smallest absolute Gasteiger partial charge is 0.253 e. The van der Waals surface area contributed by atoms with Crippen molar-refractivity contribution in [2.75, 3.05) is 0 Å². The maximum atomic E-state index is 11.8. The van der Waals surface area contributed by atoms with Crippen molar-refractivity contribution in [3.63, 3.8) is 0 Å². The van der Waals surface area contributed by atoms with Gasteiger partial charge in [-0.25, -0.2) is 0 Å². The third-order valence-corrected chi connectivity index (χ3v) is 3.26. The first kappa shape index (κ1) is 11.9. The summed E-state index contributed by atoms with van der Waals surface area (Å²) in [5.41, 5.74) is 1.75. The van der Waals surface area contributed by atoms with Gasteiger partial charge in [0.05, 0.1) is 5.56 Å². The van der Waals surface area contributed by atoms with Gasteiger partial charge in [0.1, 0.15) is 0 Å². The van der Waals surface area contributed by atoms with Gasteiger partial charge in [0.2, 0.25) is 0 Å². The average molecular weight is 293 g/mol. The van der Waals surface area contributed by atoms with Crippen molar-refractivity contribution in [3.8, 4) is 0 Å². The number of rotatable bonds is 3. The molecule has 1 aromatic heterocycles. The zero-order chi connectivity index (χ0) is 12.3. The van der Waals surface area contributed by atoms with E-state index in [9.17, 15) is 4.79 Å². The molecule has 3 nitrogen and oxygen atoms in total. The Morgan fingerprint density at radius 3 is 2.76 bits per heavy atom. The molecule has 0 aliphatic rings. The molecule has 0 fully saturated rings. The summed E-state index contributed by atoms with van der Waals surface area (Å²) in [7, 11) is 1.89. The summed E-state index contributed by atoms with van der Waals surface area (Å²) in [6, 6.07) is 9.65. The lowest BCUT2D eigenvalue weighted by molar-refractivity contribution is 0.0951. The largest absolute Gasteiger partial charge is 0.356 e. The molecular formula is C13H13BrN2O. The summed E-state index contributed by atoms with van der Waals surface area (Å²) in [5, 5.41) is 2.89. The van der Waals surface area contributed by atoms with Gasteiger partial charge in [-0.15, -0.1) is 0 Å². The lowest BCUT2D eigenvalue weighted by Gasteiger charge is -2.05. The maximum Gasteiger partial charge on any atom is 0.253 e. The van der Waals surface area contributed by atoms with Gasteiger partial charge in [-0.2, -0.15) is 0 Å². The van der Waals surface area contributed by atoms with Gasteiger partial charge >= 0.3 is 0 Å². The Balaban J connectivity index is 1.99. The first-order valence-electron chi connectivity index (χ1n) is 5.30. The van der Waals surface area contributed by atoms with Crippen LogP contribution in [0.5, 0.6) is 0 Å². The SMILES string of the molecule is Cn1ccc(C(=O)NCc2ccccc2Br)c1. The van der Waals surface area contributed by atoms with E-state index in [0.29, 0.717) is 12.1 Å². The van der Waals surface area contributed by atoms with Crippen LogP contribution < -0.4 is 5.32 Å². The zero-order valence-corrected chi connectivity index (χ0v) is 11.1. The number of hydrogen-bond acceptors (Lipinski definition) is 1. The maximum absolute atomic E-state index is 11.8. The Morgan fingerprint density at radius 1 is 1.35 bits per heavy atom. The second-order valence-corrected chi connectivity index (χ2v) is 4.69. The van der Waals surface area contributed by atoms with E-state index in [1.54, 1.807) is 12.3 Å². The Hall–Kier alpha value is -1.55. The van der Waals surface area contributed by atoms with E-state index in [2.05, 4.69) is 21.2 Å². The molecule has 0 unspecified atom stereocenters. The number of carbonyl (C=O) groups is 1. The molecule has 0 bridgehead atoms. The van der Waals surface area contributed by atoms with E-state index >= 15 is 0 Å². The number of nitrogens with one attached hydrogen (secondary N) is 1. The molecule has 4 heteroatoms. The lowest BCUT2D eigenvalue weighted by atomic mass is 10.2. The molecule has 88 valence electrons. The van der Waals surface area contributed by atoms with E-state index < -0.39 is 0 Å². The van der Waals surface area contributed by atoms with Crippen LogP contribution in [0.25, 0.3) is 0 Å². The van der Waals surface area contributed by atoms with Crippen molar-refractivity contribution in [2.45, 2.75) is 6.54 Å². The summed E-state index contributed by atoms with van der Waals surface area (Å²) in [6.45, 7) is 0.523. The fraction of sp³-hybridized carbons (Fsp3) is 0.154. The highest BCUT2D eigenvalue weighted by molar-refractivity contribution is 9.10. The second kappa shape index (κ2) is 5.19. The van der Waals surface area contributed by atoms with Crippen LogP contribution in [0.4, 0.5) is 0 Å². The number of amides is 1. The summed E-state index contributed by atoms with van der Waals surface area (Å²) >= 11 is 3.45. The number of halogens is 1. The first-order chi connectivity index (χ1) is 8.16. The number of aromatic nitrogens is 1. The third-order valence-electron chi connectivity index (χ3n) is 2.49. The van der Waals surface area contributed by atoms with Crippen LogP contribution in [0.1, 0.15) is 15.9 Å². The molecule has 2 rings (SSSR count). The predicted octanol–water partition coefficient (Wildman–Crippen LogP) is 2.72. The van der Waals surface area contributed by atoms with Gasteiger partial charge in [0, 0.05) is 30.5 Å². The number of benzene rings is 1.